The van der Waals surface area contributed by atoms with Crippen LogP contribution in [0.25, 0.3) is 10.8 Å². The molecule has 5 nitrogen and oxygen atoms in total. The molecule has 0 spiro atoms. The van der Waals surface area contributed by atoms with Crippen molar-refractivity contribution >= 4 is 20.8 Å². The van der Waals surface area contributed by atoms with Crippen molar-refractivity contribution in [3.05, 3.63) is 36.7 Å². The number of aliphatic hydroxyl groups is 1. The van der Waals surface area contributed by atoms with Crippen LogP contribution in [0.4, 0.5) is 0 Å². The van der Waals surface area contributed by atoms with Crippen molar-refractivity contribution in [2.45, 2.75) is 43.9 Å². The minimum Gasteiger partial charge on any atom is -0.396 e. The molecule has 0 bridgehead atoms. The Kier molecular flexibility index (Phi) is 7.15. The highest BCUT2D eigenvalue weighted by Gasteiger charge is 2.25. The van der Waals surface area contributed by atoms with Crippen LogP contribution in [0.5, 0.6) is 0 Å². The quantitative estimate of drug-likeness (QED) is 0.668. The molecule has 24 heavy (non-hydrogen) atoms. The predicted octanol–water partition coefficient (Wildman–Crippen LogP) is 3.19. The highest BCUT2D eigenvalue weighted by Crippen LogP contribution is 2.25. The van der Waals surface area contributed by atoms with Crippen LogP contribution in [0.1, 0.15) is 39.0 Å². The number of aliphatic hydroxyl groups excluding tert-OH is 1. The smallest absolute Gasteiger partial charge is 0.243 e. The fourth-order valence-electron chi connectivity index (χ4n) is 2.81. The topological polar surface area (TPSA) is 70.5 Å². The molecule has 1 heterocycles. The van der Waals surface area contributed by atoms with Crippen LogP contribution in [-0.2, 0) is 10.0 Å². The highest BCUT2D eigenvalue weighted by molar-refractivity contribution is 7.89. The molecule has 0 aliphatic carbocycles. The van der Waals surface area contributed by atoms with Gasteiger partial charge in [0.15, 0.2) is 0 Å². The number of nitrogens with zero attached hydrogens (tertiary/aromatic N) is 2. The summed E-state index contributed by atoms with van der Waals surface area (Å²) in [5, 5.41) is 10.4. The maximum Gasteiger partial charge on any atom is 0.243 e. The molecule has 0 unspecified atom stereocenters. The van der Waals surface area contributed by atoms with Gasteiger partial charge in [-0.05, 0) is 31.4 Å². The van der Waals surface area contributed by atoms with E-state index in [9.17, 15) is 8.42 Å². The van der Waals surface area contributed by atoms with Crippen molar-refractivity contribution in [3.8, 4) is 0 Å². The van der Waals surface area contributed by atoms with Crippen LogP contribution in [0.3, 0.4) is 0 Å². The van der Waals surface area contributed by atoms with Gasteiger partial charge < -0.3 is 5.11 Å². The van der Waals surface area contributed by atoms with Gasteiger partial charge in [0.25, 0.3) is 0 Å². The van der Waals surface area contributed by atoms with Crippen molar-refractivity contribution < 1.29 is 13.5 Å². The Labute approximate surface area is 144 Å². The highest BCUT2D eigenvalue weighted by atomic mass is 32.2. The summed E-state index contributed by atoms with van der Waals surface area (Å²) in [7, 11) is -3.53. The van der Waals surface area contributed by atoms with E-state index in [0.29, 0.717) is 23.4 Å². The van der Waals surface area contributed by atoms with Crippen molar-refractivity contribution in [1.82, 2.24) is 9.29 Å². The molecule has 2 rings (SSSR count). The third-order valence-electron chi connectivity index (χ3n) is 4.05. The molecule has 0 saturated carbocycles. The molecule has 6 heteroatoms. The predicted molar refractivity (Wildman–Crippen MR) is 96.3 cm³/mol. The van der Waals surface area contributed by atoms with Gasteiger partial charge in [0.05, 0.1) is 4.90 Å². The van der Waals surface area contributed by atoms with E-state index < -0.39 is 10.0 Å². The van der Waals surface area contributed by atoms with Gasteiger partial charge >= 0.3 is 0 Å². The van der Waals surface area contributed by atoms with Gasteiger partial charge in [0.1, 0.15) is 0 Å². The maximum atomic E-state index is 13.1. The number of rotatable bonds is 10. The molecule has 1 aromatic heterocycles. The number of benzene rings is 1. The van der Waals surface area contributed by atoms with E-state index in [1.54, 1.807) is 34.9 Å². The van der Waals surface area contributed by atoms with Crippen LogP contribution >= 0.6 is 0 Å². The second kappa shape index (κ2) is 9.11. The van der Waals surface area contributed by atoms with E-state index in [1.807, 2.05) is 13.0 Å². The molecule has 132 valence electrons. The van der Waals surface area contributed by atoms with Crippen molar-refractivity contribution in [2.24, 2.45) is 0 Å². The average molecular weight is 350 g/mol. The molecule has 0 saturated heterocycles. The first-order valence-electron chi connectivity index (χ1n) is 8.55. The summed E-state index contributed by atoms with van der Waals surface area (Å²) in [6.07, 6.45) is 7.53. The molecule has 0 fully saturated rings. The Balaban J connectivity index is 2.23. The lowest BCUT2D eigenvalue weighted by atomic mass is 10.2. The van der Waals surface area contributed by atoms with Gasteiger partial charge in [-0.1, -0.05) is 31.9 Å². The first-order chi connectivity index (χ1) is 11.6. The Morgan fingerprint density at radius 2 is 1.88 bits per heavy atom. The largest absolute Gasteiger partial charge is 0.396 e. The summed E-state index contributed by atoms with van der Waals surface area (Å²) in [5.74, 6) is 0. The first-order valence-corrected chi connectivity index (χ1v) is 9.99. The molecule has 0 radical (unpaired) electrons. The first kappa shape index (κ1) is 18.8. The number of aromatic nitrogens is 1. The normalized spacial score (nSPS) is 12.1. The lowest BCUT2D eigenvalue weighted by Crippen LogP contribution is -2.33. The zero-order chi connectivity index (χ0) is 17.4. The fraction of sp³-hybridized carbons (Fsp3) is 0.500. The standard InChI is InChI=1S/C18H26N2O3S/c1-2-12-20(13-5-3-4-6-14-21)24(22,23)18-9-7-8-16-15-19-11-10-17(16)18/h7-11,15,21H,2-6,12-14H2,1H3. The minimum atomic E-state index is -3.53. The third kappa shape index (κ3) is 4.53. The summed E-state index contributed by atoms with van der Waals surface area (Å²) < 4.78 is 27.8. The minimum absolute atomic E-state index is 0.195. The maximum absolute atomic E-state index is 13.1. The van der Waals surface area contributed by atoms with Crippen LogP contribution in [0, 0.1) is 0 Å². The van der Waals surface area contributed by atoms with Gasteiger partial charge in [-0.2, -0.15) is 4.31 Å². The van der Waals surface area contributed by atoms with E-state index in [-0.39, 0.29) is 6.61 Å². The van der Waals surface area contributed by atoms with E-state index in [2.05, 4.69) is 4.98 Å². The lowest BCUT2D eigenvalue weighted by molar-refractivity contribution is 0.281. The average Bonchev–Trinajstić information content (AvgIpc) is 2.60. The van der Waals surface area contributed by atoms with Crippen molar-refractivity contribution in [3.63, 3.8) is 0 Å². The van der Waals surface area contributed by atoms with E-state index in [1.165, 1.54) is 0 Å². The molecule has 0 amide bonds. The third-order valence-corrected chi connectivity index (χ3v) is 6.00. The summed E-state index contributed by atoms with van der Waals surface area (Å²) in [5.41, 5.74) is 0. The number of sulfonamides is 1. The van der Waals surface area contributed by atoms with E-state index in [4.69, 9.17) is 5.11 Å². The summed E-state index contributed by atoms with van der Waals surface area (Å²) in [6, 6.07) is 7.07. The molecular weight excluding hydrogens is 324 g/mol. The van der Waals surface area contributed by atoms with Crippen LogP contribution < -0.4 is 0 Å². The van der Waals surface area contributed by atoms with Crippen molar-refractivity contribution in [2.75, 3.05) is 19.7 Å². The monoisotopic (exact) mass is 350 g/mol. The van der Waals surface area contributed by atoms with Gasteiger partial charge in [-0.25, -0.2) is 8.42 Å². The molecule has 2 aromatic rings. The molecule has 0 aliphatic rings. The van der Waals surface area contributed by atoms with Crippen molar-refractivity contribution in [1.29, 1.82) is 0 Å². The second-order valence-electron chi connectivity index (χ2n) is 5.89. The van der Waals surface area contributed by atoms with E-state index >= 15 is 0 Å². The molecule has 0 aliphatic heterocycles. The van der Waals surface area contributed by atoms with Crippen LogP contribution in [-0.4, -0.2) is 42.5 Å². The number of pyridine rings is 1. The summed E-state index contributed by atoms with van der Waals surface area (Å²) in [4.78, 5) is 4.42. The summed E-state index contributed by atoms with van der Waals surface area (Å²) in [6.45, 7) is 3.22. The lowest BCUT2D eigenvalue weighted by Gasteiger charge is -2.22. The Bertz CT molecular complexity index is 742. The van der Waals surface area contributed by atoms with Gasteiger partial charge in [-0.15, -0.1) is 0 Å². The summed E-state index contributed by atoms with van der Waals surface area (Å²) >= 11 is 0. The van der Waals surface area contributed by atoms with E-state index in [0.717, 1.165) is 37.5 Å². The Morgan fingerprint density at radius 1 is 1.08 bits per heavy atom. The van der Waals surface area contributed by atoms with Gasteiger partial charge in [-0.3, -0.25) is 4.98 Å². The van der Waals surface area contributed by atoms with Crippen LogP contribution in [0.15, 0.2) is 41.6 Å². The number of unbranched alkanes of at least 4 members (excludes halogenated alkanes) is 3. The molecule has 0 atom stereocenters. The Morgan fingerprint density at radius 3 is 2.62 bits per heavy atom. The second-order valence-corrected chi connectivity index (χ2v) is 7.80. The molecule has 1 N–H and O–H groups in total. The van der Waals surface area contributed by atoms with Gasteiger partial charge in [0, 0.05) is 42.9 Å². The number of fused-ring (bicyclic) bond motifs is 1. The zero-order valence-electron chi connectivity index (χ0n) is 14.2. The number of hydrogen-bond acceptors (Lipinski definition) is 4. The SMILES string of the molecule is CCCN(CCCCCCO)S(=O)(=O)c1cccc2cnccc12. The number of hydrogen-bond donors (Lipinski definition) is 1. The van der Waals surface area contributed by atoms with Crippen LogP contribution in [0.2, 0.25) is 0 Å². The Hall–Kier alpha value is -1.50. The molecular formula is C18H26N2O3S. The zero-order valence-corrected chi connectivity index (χ0v) is 15.0. The molecule has 1 aromatic carbocycles. The fourth-order valence-corrected chi connectivity index (χ4v) is 4.60. The van der Waals surface area contributed by atoms with Gasteiger partial charge in [0.2, 0.25) is 10.0 Å².